The second-order valence-electron chi connectivity index (χ2n) is 8.38. The second kappa shape index (κ2) is 12.8. The molecule has 0 unspecified atom stereocenters. The zero-order valence-electron chi connectivity index (χ0n) is 20.7. The first-order chi connectivity index (χ1) is 18.5. The minimum Gasteiger partial charge on any atom is -0.461 e. The van der Waals surface area contributed by atoms with E-state index in [4.69, 9.17) is 16.3 Å². The van der Waals surface area contributed by atoms with Crippen molar-refractivity contribution < 1.29 is 19.5 Å². The van der Waals surface area contributed by atoms with Gasteiger partial charge < -0.3 is 14.1 Å². The number of unbranched alkanes of at least 4 members (excludes halogenated alkanes) is 1. The van der Waals surface area contributed by atoms with Crippen LogP contribution in [0.5, 0.6) is 0 Å². The molecule has 0 radical (unpaired) electrons. The number of H-pyrrole nitrogens is 1. The Bertz CT molecular complexity index is 1370. The van der Waals surface area contributed by atoms with Gasteiger partial charge in [-0.15, -0.1) is 20.3 Å². The van der Waals surface area contributed by atoms with Gasteiger partial charge in [0, 0.05) is 24.9 Å². The van der Waals surface area contributed by atoms with E-state index in [0.29, 0.717) is 24.6 Å². The van der Waals surface area contributed by atoms with Gasteiger partial charge in [-0.3, -0.25) is 0 Å². The standard InChI is InChI=1S/C25H26ClN7O5/c1-2-3-9-21-27-23(26)22(25(34)37-14-6-15-38-33(35)36)32(21)16-17-10-12-18(13-11-17)19-7-4-5-8-20(19)24-28-30-31-29-24/h4-5,7-8,10-13H,2-3,6,9,14-16H2,1H3,(H,28,29,30,31). The Morgan fingerprint density at radius 1 is 1.11 bits per heavy atom. The molecule has 38 heavy (non-hydrogen) atoms. The van der Waals surface area contributed by atoms with Crippen LogP contribution in [0.15, 0.2) is 48.5 Å². The molecule has 0 fully saturated rings. The molecule has 4 rings (SSSR count). The fourth-order valence-corrected chi connectivity index (χ4v) is 4.24. The van der Waals surface area contributed by atoms with Crippen molar-refractivity contribution in [1.29, 1.82) is 0 Å². The number of aromatic amines is 1. The third-order valence-corrected chi connectivity index (χ3v) is 6.05. The molecule has 4 aromatic rings. The molecule has 1 N–H and O–H groups in total. The maximum atomic E-state index is 12.9. The van der Waals surface area contributed by atoms with Crippen molar-refractivity contribution in [2.75, 3.05) is 13.2 Å². The SMILES string of the molecule is CCCCc1nc(Cl)c(C(=O)OCCCO[N+](=O)[O-])n1Cc1ccc(-c2ccccc2-c2nn[nH]n2)cc1. The first-order valence-corrected chi connectivity index (χ1v) is 12.5. The topological polar surface area (TPSA) is 151 Å². The molecule has 0 atom stereocenters. The van der Waals surface area contributed by atoms with E-state index >= 15 is 0 Å². The Morgan fingerprint density at radius 3 is 2.55 bits per heavy atom. The van der Waals surface area contributed by atoms with E-state index in [0.717, 1.165) is 35.1 Å². The molecule has 0 saturated heterocycles. The first kappa shape index (κ1) is 26.7. The number of hydrogen-bond acceptors (Lipinski definition) is 9. The number of aromatic nitrogens is 6. The van der Waals surface area contributed by atoms with E-state index in [2.05, 4.69) is 37.4 Å². The molecule has 198 valence electrons. The quantitative estimate of drug-likeness (QED) is 0.112. The van der Waals surface area contributed by atoms with Crippen molar-refractivity contribution in [2.24, 2.45) is 0 Å². The summed E-state index contributed by atoms with van der Waals surface area (Å²) in [5.74, 6) is 0.551. The van der Waals surface area contributed by atoms with E-state index in [1.54, 1.807) is 4.57 Å². The number of ether oxygens (including phenoxy) is 1. The molecule has 0 spiro atoms. The molecular weight excluding hydrogens is 514 g/mol. The molecule has 12 nitrogen and oxygen atoms in total. The smallest absolute Gasteiger partial charge is 0.358 e. The lowest BCUT2D eigenvalue weighted by molar-refractivity contribution is -0.757. The van der Waals surface area contributed by atoms with Crippen LogP contribution in [0.25, 0.3) is 22.5 Å². The molecule has 0 aliphatic carbocycles. The van der Waals surface area contributed by atoms with E-state index in [1.165, 1.54) is 0 Å². The number of nitrogens with zero attached hydrogens (tertiary/aromatic N) is 6. The lowest BCUT2D eigenvalue weighted by Gasteiger charge is -2.13. The Balaban J connectivity index is 1.55. The number of imidazole rings is 1. The van der Waals surface area contributed by atoms with Crippen LogP contribution in [0, 0.1) is 10.1 Å². The molecule has 0 aliphatic rings. The van der Waals surface area contributed by atoms with Crippen molar-refractivity contribution in [1.82, 2.24) is 30.2 Å². The molecule has 0 saturated carbocycles. The highest BCUT2D eigenvalue weighted by molar-refractivity contribution is 6.32. The number of carbonyl (C=O) groups excluding carboxylic acids is 1. The van der Waals surface area contributed by atoms with Crippen LogP contribution in [0.2, 0.25) is 5.15 Å². The van der Waals surface area contributed by atoms with Crippen LogP contribution < -0.4 is 0 Å². The summed E-state index contributed by atoms with van der Waals surface area (Å²) in [4.78, 5) is 31.8. The predicted octanol–water partition coefficient (Wildman–Crippen LogP) is 4.53. The van der Waals surface area contributed by atoms with Gasteiger partial charge in [0.2, 0.25) is 5.82 Å². The van der Waals surface area contributed by atoms with Gasteiger partial charge in [0.05, 0.1) is 13.2 Å². The Hall–Kier alpha value is -4.32. The number of rotatable bonds is 13. The summed E-state index contributed by atoms with van der Waals surface area (Å²) >= 11 is 6.38. The summed E-state index contributed by atoms with van der Waals surface area (Å²) in [6.07, 6.45) is 2.66. The number of tetrazole rings is 1. The van der Waals surface area contributed by atoms with Gasteiger partial charge in [0.15, 0.2) is 10.8 Å². The van der Waals surface area contributed by atoms with Crippen LogP contribution >= 0.6 is 11.6 Å². The van der Waals surface area contributed by atoms with Crippen LogP contribution in [0.3, 0.4) is 0 Å². The second-order valence-corrected chi connectivity index (χ2v) is 8.74. The van der Waals surface area contributed by atoms with Gasteiger partial charge in [-0.1, -0.05) is 73.5 Å². The van der Waals surface area contributed by atoms with Crippen LogP contribution in [0.1, 0.15) is 48.1 Å². The minimum absolute atomic E-state index is 0.0487. The lowest BCUT2D eigenvalue weighted by Crippen LogP contribution is -2.17. The van der Waals surface area contributed by atoms with Gasteiger partial charge in [-0.25, -0.2) is 9.78 Å². The number of hydrogen-bond donors (Lipinski definition) is 1. The van der Waals surface area contributed by atoms with Gasteiger partial charge >= 0.3 is 5.97 Å². The van der Waals surface area contributed by atoms with Crippen molar-refractivity contribution in [2.45, 2.75) is 39.2 Å². The number of esters is 1. The largest absolute Gasteiger partial charge is 0.461 e. The fraction of sp³-hybridized carbons (Fsp3) is 0.320. The monoisotopic (exact) mass is 539 g/mol. The highest BCUT2D eigenvalue weighted by Crippen LogP contribution is 2.30. The van der Waals surface area contributed by atoms with Crippen molar-refractivity contribution >= 4 is 17.6 Å². The third-order valence-electron chi connectivity index (χ3n) is 5.79. The van der Waals surface area contributed by atoms with E-state index in [1.807, 2.05) is 48.5 Å². The average molecular weight is 540 g/mol. The van der Waals surface area contributed by atoms with Crippen molar-refractivity contribution in [3.63, 3.8) is 0 Å². The summed E-state index contributed by atoms with van der Waals surface area (Å²) in [7, 11) is 0. The molecule has 13 heteroatoms. The maximum absolute atomic E-state index is 12.9. The normalized spacial score (nSPS) is 10.9. The molecule has 2 heterocycles. The fourth-order valence-electron chi connectivity index (χ4n) is 3.97. The number of benzene rings is 2. The highest BCUT2D eigenvalue weighted by Gasteiger charge is 2.23. The van der Waals surface area contributed by atoms with E-state index < -0.39 is 11.1 Å². The molecule has 0 amide bonds. The summed E-state index contributed by atoms with van der Waals surface area (Å²) in [5, 5.41) is 23.8. The number of carbonyl (C=O) groups is 1. The molecule has 2 aromatic heterocycles. The van der Waals surface area contributed by atoms with E-state index in [9.17, 15) is 14.9 Å². The summed E-state index contributed by atoms with van der Waals surface area (Å²) in [5.41, 5.74) is 3.87. The van der Waals surface area contributed by atoms with Gasteiger partial charge in [0.1, 0.15) is 5.82 Å². The molecule has 0 bridgehead atoms. The van der Waals surface area contributed by atoms with Gasteiger partial charge in [0.25, 0.3) is 5.09 Å². The van der Waals surface area contributed by atoms with Gasteiger partial charge in [-0.2, -0.15) is 5.21 Å². The summed E-state index contributed by atoms with van der Waals surface area (Å²) in [6.45, 7) is 2.22. The number of aryl methyl sites for hydroxylation is 1. The zero-order valence-corrected chi connectivity index (χ0v) is 21.4. The van der Waals surface area contributed by atoms with Crippen LogP contribution in [0.4, 0.5) is 0 Å². The predicted molar refractivity (Wildman–Crippen MR) is 138 cm³/mol. The Morgan fingerprint density at radius 2 is 1.87 bits per heavy atom. The zero-order chi connectivity index (χ0) is 26.9. The first-order valence-electron chi connectivity index (χ1n) is 12.1. The lowest BCUT2D eigenvalue weighted by atomic mass is 9.98. The number of nitrogens with one attached hydrogen (secondary N) is 1. The van der Waals surface area contributed by atoms with E-state index in [-0.39, 0.29) is 30.5 Å². The summed E-state index contributed by atoms with van der Waals surface area (Å²) < 4.78 is 7.08. The minimum atomic E-state index is -0.886. The average Bonchev–Trinajstić information content (AvgIpc) is 3.56. The van der Waals surface area contributed by atoms with Crippen LogP contribution in [-0.4, -0.2) is 54.4 Å². The van der Waals surface area contributed by atoms with Crippen LogP contribution in [-0.2, 0) is 22.5 Å². The van der Waals surface area contributed by atoms with Gasteiger partial charge in [-0.05, 0) is 28.3 Å². The Kier molecular flexibility index (Phi) is 8.98. The molecular formula is C25H26ClN7O5. The summed E-state index contributed by atoms with van der Waals surface area (Å²) in [6, 6.07) is 15.7. The highest BCUT2D eigenvalue weighted by atomic mass is 35.5. The van der Waals surface area contributed by atoms with Crippen molar-refractivity contribution in [3.05, 3.63) is 80.9 Å². The number of halogens is 1. The molecule has 2 aromatic carbocycles. The third kappa shape index (κ3) is 6.51. The Labute approximate surface area is 223 Å². The maximum Gasteiger partial charge on any atom is 0.358 e. The van der Waals surface area contributed by atoms with Crippen molar-refractivity contribution in [3.8, 4) is 22.5 Å². The molecule has 0 aliphatic heterocycles.